The molecule has 236 valence electrons. The molecule has 1 aliphatic rings. The van der Waals surface area contributed by atoms with Crippen LogP contribution in [-0.2, 0) is 41.8 Å². The van der Waals surface area contributed by atoms with Gasteiger partial charge in [-0.1, -0.05) is 0 Å². The molecule has 5 N–H and O–H groups in total. The van der Waals surface area contributed by atoms with Crippen molar-refractivity contribution in [3.8, 4) is 0 Å². The summed E-state index contributed by atoms with van der Waals surface area (Å²) in [7, 11) is -4.97. The maximum Gasteiger partial charge on any atom is 0.510 e. The predicted octanol–water partition coefficient (Wildman–Crippen LogP) is 1.20. The van der Waals surface area contributed by atoms with E-state index in [2.05, 4.69) is 24.4 Å². The van der Waals surface area contributed by atoms with Crippen molar-refractivity contribution in [3.63, 3.8) is 0 Å². The molecule has 19 nitrogen and oxygen atoms in total. The molecule has 3 heterocycles. The third-order valence-electron chi connectivity index (χ3n) is 5.33. The Labute approximate surface area is 236 Å². The number of carbonyl (C=O) groups excluding carboxylic acids is 2. The number of aliphatic hydroxyl groups excluding tert-OH is 1. The number of H-pyrrole nitrogens is 1. The molecular formula is C21H31FN5O14P. The number of ether oxygens (including phenoxy) is 5. The number of nitrogens with two attached hydrogens (primary N) is 1. The second-order valence-corrected chi connectivity index (χ2v) is 11.2. The Hall–Kier alpha value is -3.39. The number of nitrogens with zero attached hydrogens (tertiary/aromatic N) is 3. The van der Waals surface area contributed by atoms with Gasteiger partial charge in [0.1, 0.15) is 18.3 Å². The smallest absolute Gasteiger partial charge is 0.432 e. The Bertz CT molecular complexity index is 1350. The van der Waals surface area contributed by atoms with Crippen molar-refractivity contribution in [1.82, 2.24) is 19.5 Å². The van der Waals surface area contributed by atoms with Crippen LogP contribution >= 0.6 is 7.82 Å². The molecule has 2 aromatic heterocycles. The van der Waals surface area contributed by atoms with E-state index in [1.165, 1.54) is 27.7 Å². The highest BCUT2D eigenvalue weighted by Crippen LogP contribution is 2.53. The van der Waals surface area contributed by atoms with Crippen molar-refractivity contribution in [3.05, 3.63) is 16.7 Å². The molecule has 21 heteroatoms. The lowest BCUT2D eigenvalue weighted by Gasteiger charge is -2.28. The van der Waals surface area contributed by atoms with E-state index in [4.69, 9.17) is 33.5 Å². The van der Waals surface area contributed by atoms with Gasteiger partial charge in [-0.15, -0.1) is 0 Å². The van der Waals surface area contributed by atoms with E-state index in [9.17, 15) is 29.2 Å². The number of anilines is 1. The first-order valence-corrected chi connectivity index (χ1v) is 13.6. The number of hydrogen-bond donors (Lipinski definition) is 4. The van der Waals surface area contributed by atoms with Gasteiger partial charge in [-0.25, -0.2) is 32.6 Å². The number of hydrogen-bond acceptors (Lipinski definition) is 17. The summed E-state index contributed by atoms with van der Waals surface area (Å²) in [5.41, 5.74) is 1.96. The van der Waals surface area contributed by atoms with Gasteiger partial charge in [0.25, 0.3) is 11.4 Å². The number of rotatable bonds is 12. The molecule has 1 fully saturated rings. The summed E-state index contributed by atoms with van der Waals surface area (Å²) in [6, 6.07) is 0. The molecule has 0 unspecified atom stereocenters. The molecule has 0 radical (unpaired) electrons. The molecule has 3 rings (SSSR count). The number of nitrogen functional groups attached to an aromatic ring is 1. The Morgan fingerprint density at radius 3 is 2.24 bits per heavy atom. The van der Waals surface area contributed by atoms with Crippen LogP contribution < -0.4 is 11.3 Å². The van der Waals surface area contributed by atoms with Crippen LogP contribution in [0.15, 0.2) is 11.1 Å². The lowest BCUT2D eigenvalue weighted by molar-refractivity contribution is -0.205. The molecular weight excluding hydrogens is 596 g/mol. The van der Waals surface area contributed by atoms with Crippen LogP contribution in [0.2, 0.25) is 0 Å². The summed E-state index contributed by atoms with van der Waals surface area (Å²) in [6.07, 6.45) is -6.73. The fourth-order valence-electron chi connectivity index (χ4n) is 3.52. The van der Waals surface area contributed by atoms with Crippen molar-refractivity contribution in [2.24, 2.45) is 0 Å². The number of aliphatic hydroxyl groups is 2. The van der Waals surface area contributed by atoms with Gasteiger partial charge in [0, 0.05) is 0 Å². The van der Waals surface area contributed by atoms with Crippen molar-refractivity contribution in [1.29, 1.82) is 0 Å². The molecule has 0 amide bonds. The number of aromatic amines is 1. The molecule has 0 saturated carbocycles. The lowest BCUT2D eigenvalue weighted by Crippen LogP contribution is -2.49. The molecule has 1 saturated heterocycles. The molecule has 42 heavy (non-hydrogen) atoms. The van der Waals surface area contributed by atoms with Crippen molar-refractivity contribution < 1.29 is 66.0 Å². The zero-order valence-corrected chi connectivity index (χ0v) is 23.9. The van der Waals surface area contributed by atoms with Crippen LogP contribution in [0.3, 0.4) is 0 Å². The van der Waals surface area contributed by atoms with E-state index in [-0.39, 0.29) is 17.1 Å². The van der Waals surface area contributed by atoms with Crippen molar-refractivity contribution in [2.45, 2.75) is 70.6 Å². The van der Waals surface area contributed by atoms with E-state index >= 15 is 4.39 Å². The van der Waals surface area contributed by atoms with Crippen LogP contribution in [-0.4, -0.2) is 92.0 Å². The lowest BCUT2D eigenvalue weighted by atomic mass is 9.95. The van der Waals surface area contributed by atoms with Crippen molar-refractivity contribution in [2.75, 3.05) is 25.9 Å². The predicted molar refractivity (Wildman–Crippen MR) is 134 cm³/mol. The number of carbonyl (C=O) groups is 2. The number of imidazole rings is 1. The standard InChI is InChI=1S/C21H31FN5O14P/c1-10(2)39-18(30)34-8-37-42(33,38-9-35-19(31)40-11(3)4)36-6-21(22)15(29)20(5,32)16(41-21)27-7-24-12-13(27)25-17(23)26-14(12)28/h7,10-11,15-16,29,32H,6,8-9H2,1-5H3,(H3,23,25,26,28)/t15-,16+,20+,21+/m0/s1. The fraction of sp³-hybridized carbons (Fsp3) is 0.667. The Morgan fingerprint density at radius 2 is 1.71 bits per heavy atom. The van der Waals surface area contributed by atoms with Gasteiger partial charge < -0.3 is 39.6 Å². The first-order chi connectivity index (χ1) is 19.5. The van der Waals surface area contributed by atoms with Crippen LogP contribution in [0.4, 0.5) is 19.9 Å². The highest BCUT2D eigenvalue weighted by molar-refractivity contribution is 7.48. The summed E-state index contributed by atoms with van der Waals surface area (Å²) >= 11 is 0. The SMILES string of the molecule is CC(C)OC(=O)OCOP(=O)(OCOC(=O)OC(C)C)OC[C@@]1(F)O[C@@H](n2cnc3c(=O)[nH]c(N)nc32)[C@](C)(O)[C@@H]1O. The van der Waals surface area contributed by atoms with Crippen molar-refractivity contribution >= 4 is 37.2 Å². The van der Waals surface area contributed by atoms with E-state index in [1.54, 1.807) is 0 Å². The van der Waals surface area contributed by atoms with E-state index in [1.807, 2.05) is 0 Å². The Balaban J connectivity index is 1.77. The largest absolute Gasteiger partial charge is 0.510 e. The van der Waals surface area contributed by atoms with Crippen LogP contribution in [0.25, 0.3) is 11.2 Å². The Morgan fingerprint density at radius 1 is 1.17 bits per heavy atom. The monoisotopic (exact) mass is 627 g/mol. The van der Waals surface area contributed by atoms with Gasteiger partial charge in [0.05, 0.1) is 18.5 Å². The summed E-state index contributed by atoms with van der Waals surface area (Å²) in [4.78, 5) is 45.3. The summed E-state index contributed by atoms with van der Waals surface area (Å²) < 4.78 is 68.6. The molecule has 4 atom stereocenters. The van der Waals surface area contributed by atoms with Gasteiger partial charge in [0.15, 0.2) is 17.4 Å². The quantitative estimate of drug-likeness (QED) is 0.146. The average Bonchev–Trinajstić information content (AvgIpc) is 3.35. The molecule has 0 bridgehead atoms. The molecule has 0 spiro atoms. The normalized spacial score (nSPS) is 24.3. The molecule has 0 aliphatic carbocycles. The van der Waals surface area contributed by atoms with Gasteiger partial charge in [-0.2, -0.15) is 4.98 Å². The second-order valence-electron chi connectivity index (χ2n) is 9.50. The number of nitrogens with one attached hydrogen (secondary N) is 1. The topological polar surface area (TPSA) is 255 Å². The number of halogens is 1. The van der Waals surface area contributed by atoms with E-state index in [0.717, 1.165) is 17.8 Å². The third kappa shape index (κ3) is 7.71. The second kappa shape index (κ2) is 12.9. The molecule has 1 aliphatic heterocycles. The first-order valence-electron chi connectivity index (χ1n) is 12.2. The van der Waals surface area contributed by atoms with E-state index in [0.29, 0.717) is 0 Å². The zero-order valence-electron chi connectivity index (χ0n) is 23.0. The third-order valence-corrected chi connectivity index (χ3v) is 6.62. The minimum absolute atomic E-state index is 0.216. The van der Waals surface area contributed by atoms with Gasteiger partial charge in [-0.3, -0.25) is 18.9 Å². The summed E-state index contributed by atoms with van der Waals surface area (Å²) in [5.74, 6) is -3.63. The number of phosphoric acid groups is 1. The molecule has 2 aromatic rings. The van der Waals surface area contributed by atoms with Crippen LogP contribution in [0, 0.1) is 0 Å². The van der Waals surface area contributed by atoms with Crippen LogP contribution in [0.5, 0.6) is 0 Å². The zero-order chi connectivity index (χ0) is 31.5. The van der Waals surface area contributed by atoms with Gasteiger partial charge in [-0.05, 0) is 34.6 Å². The minimum atomic E-state index is -4.97. The molecule has 0 aromatic carbocycles. The Kier molecular flexibility index (Phi) is 10.1. The maximum absolute atomic E-state index is 16.0. The maximum atomic E-state index is 16.0. The summed E-state index contributed by atoms with van der Waals surface area (Å²) in [5, 5.41) is 21.6. The minimum Gasteiger partial charge on any atom is -0.432 e. The van der Waals surface area contributed by atoms with Crippen LogP contribution in [0.1, 0.15) is 40.8 Å². The highest BCUT2D eigenvalue weighted by Gasteiger charge is 2.64. The summed E-state index contributed by atoms with van der Waals surface area (Å²) in [6.45, 7) is 3.50. The number of phosphoric ester groups is 1. The number of alkyl halides is 1. The fourth-order valence-corrected chi connectivity index (χ4v) is 4.44. The average molecular weight is 627 g/mol. The number of fused-ring (bicyclic) bond motifs is 1. The highest BCUT2D eigenvalue weighted by atomic mass is 31.2. The van der Waals surface area contributed by atoms with E-state index < -0.39 is 81.9 Å². The van der Waals surface area contributed by atoms with Gasteiger partial charge >= 0.3 is 20.1 Å². The number of aromatic nitrogens is 4. The first kappa shape index (κ1) is 33.1. The van der Waals surface area contributed by atoms with Gasteiger partial charge in [0.2, 0.25) is 19.5 Å².